The molecule has 6 nitrogen and oxygen atoms in total. The first kappa shape index (κ1) is 20.7. The van der Waals surface area contributed by atoms with E-state index in [9.17, 15) is 4.79 Å². The lowest BCUT2D eigenvalue weighted by atomic mass is 10.0. The van der Waals surface area contributed by atoms with Gasteiger partial charge in [-0.15, -0.1) is 0 Å². The number of carbonyl (C=O) groups is 1. The molecule has 0 bridgehead atoms. The number of amides is 1. The van der Waals surface area contributed by atoms with Crippen molar-refractivity contribution < 1.29 is 9.21 Å². The summed E-state index contributed by atoms with van der Waals surface area (Å²) in [6, 6.07) is 13.3. The van der Waals surface area contributed by atoms with Gasteiger partial charge in [-0.05, 0) is 63.1 Å². The summed E-state index contributed by atoms with van der Waals surface area (Å²) < 4.78 is 7.08. The predicted octanol–water partition coefficient (Wildman–Crippen LogP) is 4.78. The average Bonchev–Trinajstić information content (AvgIpc) is 3.42. The summed E-state index contributed by atoms with van der Waals surface area (Å²) in [5.41, 5.74) is 1.79. The van der Waals surface area contributed by atoms with Crippen LogP contribution in [0.25, 0.3) is 17.1 Å². The standard InChI is InChI=1S/C23H27ClN4O2/c1-17-7-2-3-12-27(17)13-6-11-25-23(29)21-16-20(22-10-5-14-30-22)26-28(21)19-9-4-8-18(24)15-19/h4-5,8-10,14-17H,2-3,6-7,11-13H2,1H3,(H,25,29). The van der Waals surface area contributed by atoms with Crippen LogP contribution in [0.5, 0.6) is 0 Å². The van der Waals surface area contributed by atoms with Crippen LogP contribution in [0.1, 0.15) is 43.1 Å². The number of halogens is 1. The molecule has 3 heterocycles. The van der Waals surface area contributed by atoms with E-state index in [0.29, 0.717) is 34.8 Å². The van der Waals surface area contributed by atoms with Crippen molar-refractivity contribution in [1.82, 2.24) is 20.0 Å². The molecule has 30 heavy (non-hydrogen) atoms. The molecular formula is C23H27ClN4O2. The van der Waals surface area contributed by atoms with E-state index in [2.05, 4.69) is 22.2 Å². The molecule has 1 aromatic carbocycles. The van der Waals surface area contributed by atoms with E-state index < -0.39 is 0 Å². The fourth-order valence-corrected chi connectivity index (χ4v) is 4.14. The third-order valence-corrected chi connectivity index (χ3v) is 5.85. The Morgan fingerprint density at radius 2 is 2.17 bits per heavy atom. The topological polar surface area (TPSA) is 63.3 Å². The number of hydrogen-bond acceptors (Lipinski definition) is 4. The van der Waals surface area contributed by atoms with Crippen molar-refractivity contribution >= 4 is 17.5 Å². The van der Waals surface area contributed by atoms with E-state index in [0.717, 1.165) is 25.2 Å². The summed E-state index contributed by atoms with van der Waals surface area (Å²) in [4.78, 5) is 15.5. The van der Waals surface area contributed by atoms with Crippen LogP contribution < -0.4 is 5.32 Å². The highest BCUT2D eigenvalue weighted by Crippen LogP contribution is 2.23. The molecule has 0 saturated carbocycles. The van der Waals surface area contributed by atoms with Crippen LogP contribution in [-0.4, -0.2) is 46.3 Å². The Balaban J connectivity index is 1.47. The zero-order valence-corrected chi connectivity index (χ0v) is 17.9. The van der Waals surface area contributed by atoms with Crippen molar-refractivity contribution in [3.8, 4) is 17.1 Å². The van der Waals surface area contributed by atoms with Gasteiger partial charge in [0.2, 0.25) is 0 Å². The second-order valence-corrected chi connectivity index (χ2v) is 8.21. The van der Waals surface area contributed by atoms with Crippen molar-refractivity contribution in [1.29, 1.82) is 0 Å². The van der Waals surface area contributed by atoms with Crippen molar-refractivity contribution in [2.45, 2.75) is 38.6 Å². The van der Waals surface area contributed by atoms with E-state index in [4.69, 9.17) is 16.0 Å². The van der Waals surface area contributed by atoms with E-state index in [-0.39, 0.29) is 5.91 Å². The lowest BCUT2D eigenvalue weighted by Gasteiger charge is -2.33. The summed E-state index contributed by atoms with van der Waals surface area (Å²) >= 11 is 6.16. The first-order valence-electron chi connectivity index (χ1n) is 10.5. The lowest BCUT2D eigenvalue weighted by Crippen LogP contribution is -2.39. The second-order valence-electron chi connectivity index (χ2n) is 7.77. The van der Waals surface area contributed by atoms with E-state index >= 15 is 0 Å². The second kappa shape index (κ2) is 9.49. The summed E-state index contributed by atoms with van der Waals surface area (Å²) in [5.74, 6) is 0.455. The number of rotatable bonds is 7. The molecule has 7 heteroatoms. The van der Waals surface area contributed by atoms with Gasteiger partial charge in [0.1, 0.15) is 11.4 Å². The molecule has 1 unspecified atom stereocenters. The first-order chi connectivity index (χ1) is 14.6. The van der Waals surface area contributed by atoms with Crippen LogP contribution in [0.3, 0.4) is 0 Å². The molecule has 1 atom stereocenters. The third kappa shape index (κ3) is 4.77. The molecule has 1 fully saturated rings. The van der Waals surface area contributed by atoms with Gasteiger partial charge in [0, 0.05) is 30.2 Å². The fourth-order valence-electron chi connectivity index (χ4n) is 3.96. The molecule has 1 aliphatic rings. The zero-order valence-electron chi connectivity index (χ0n) is 17.2. The van der Waals surface area contributed by atoms with Crippen molar-refractivity contribution in [2.75, 3.05) is 19.6 Å². The number of nitrogens with one attached hydrogen (secondary N) is 1. The zero-order chi connectivity index (χ0) is 20.9. The molecule has 0 aliphatic carbocycles. The molecule has 2 aromatic heterocycles. The monoisotopic (exact) mass is 426 g/mol. The molecule has 3 aromatic rings. The molecule has 158 valence electrons. The number of hydrogen-bond donors (Lipinski definition) is 1. The molecule has 1 aliphatic heterocycles. The van der Waals surface area contributed by atoms with Gasteiger partial charge in [0.05, 0.1) is 12.0 Å². The van der Waals surface area contributed by atoms with Gasteiger partial charge in [-0.2, -0.15) is 5.10 Å². The minimum atomic E-state index is -0.160. The van der Waals surface area contributed by atoms with Crippen LogP contribution in [0, 0.1) is 0 Å². The maximum absolute atomic E-state index is 13.0. The predicted molar refractivity (Wildman–Crippen MR) is 118 cm³/mol. The highest BCUT2D eigenvalue weighted by atomic mass is 35.5. The largest absolute Gasteiger partial charge is 0.463 e. The normalized spacial score (nSPS) is 17.2. The van der Waals surface area contributed by atoms with Crippen LogP contribution in [0.15, 0.2) is 53.1 Å². The molecule has 1 N–H and O–H groups in total. The Labute approximate surface area is 181 Å². The quantitative estimate of drug-likeness (QED) is 0.552. The first-order valence-corrected chi connectivity index (χ1v) is 10.9. The van der Waals surface area contributed by atoms with Crippen molar-refractivity contribution in [3.63, 3.8) is 0 Å². The minimum Gasteiger partial charge on any atom is -0.463 e. The highest BCUT2D eigenvalue weighted by Gasteiger charge is 2.20. The number of carbonyl (C=O) groups excluding carboxylic acids is 1. The summed E-state index contributed by atoms with van der Waals surface area (Å²) in [6.07, 6.45) is 6.37. The Morgan fingerprint density at radius 3 is 2.93 bits per heavy atom. The number of furan rings is 1. The van der Waals surface area contributed by atoms with Gasteiger partial charge in [0.15, 0.2) is 5.76 Å². The highest BCUT2D eigenvalue weighted by molar-refractivity contribution is 6.30. The fraction of sp³-hybridized carbons (Fsp3) is 0.391. The average molecular weight is 427 g/mol. The van der Waals surface area contributed by atoms with Crippen molar-refractivity contribution in [3.05, 3.63) is 59.4 Å². The molecule has 1 amide bonds. The lowest BCUT2D eigenvalue weighted by molar-refractivity contribution is 0.0941. The van der Waals surface area contributed by atoms with Crippen LogP contribution in [0.2, 0.25) is 5.02 Å². The Hall–Kier alpha value is -2.57. The Kier molecular flexibility index (Phi) is 6.55. The van der Waals surface area contributed by atoms with Crippen LogP contribution in [-0.2, 0) is 0 Å². The number of benzene rings is 1. The summed E-state index contributed by atoms with van der Waals surface area (Å²) in [5, 5.41) is 8.23. The van der Waals surface area contributed by atoms with Crippen LogP contribution in [0.4, 0.5) is 0 Å². The SMILES string of the molecule is CC1CCCCN1CCCNC(=O)c1cc(-c2ccco2)nn1-c1cccc(Cl)c1. The maximum atomic E-state index is 13.0. The van der Waals surface area contributed by atoms with E-state index in [1.165, 1.54) is 19.3 Å². The van der Waals surface area contributed by atoms with Gasteiger partial charge in [-0.3, -0.25) is 4.79 Å². The molecule has 0 spiro atoms. The van der Waals surface area contributed by atoms with Crippen LogP contribution >= 0.6 is 11.6 Å². The summed E-state index contributed by atoms with van der Waals surface area (Å²) in [6.45, 7) is 5.08. The Bertz CT molecular complexity index is 983. The molecule has 0 radical (unpaired) electrons. The molecule has 4 rings (SSSR count). The molecular weight excluding hydrogens is 400 g/mol. The van der Waals surface area contributed by atoms with Gasteiger partial charge in [-0.1, -0.05) is 24.1 Å². The van der Waals surface area contributed by atoms with Gasteiger partial charge in [-0.25, -0.2) is 4.68 Å². The van der Waals surface area contributed by atoms with E-state index in [1.807, 2.05) is 18.2 Å². The van der Waals surface area contributed by atoms with Gasteiger partial charge < -0.3 is 14.6 Å². The maximum Gasteiger partial charge on any atom is 0.270 e. The number of nitrogens with zero attached hydrogens (tertiary/aromatic N) is 3. The smallest absolute Gasteiger partial charge is 0.270 e. The Morgan fingerprint density at radius 1 is 1.27 bits per heavy atom. The number of piperidine rings is 1. The van der Waals surface area contributed by atoms with E-state index in [1.54, 1.807) is 35.2 Å². The van der Waals surface area contributed by atoms with Crippen molar-refractivity contribution in [2.24, 2.45) is 0 Å². The summed E-state index contributed by atoms with van der Waals surface area (Å²) in [7, 11) is 0. The number of aromatic nitrogens is 2. The number of likely N-dealkylation sites (tertiary alicyclic amines) is 1. The van der Waals surface area contributed by atoms with Gasteiger partial charge in [0.25, 0.3) is 5.91 Å². The molecule has 1 saturated heterocycles. The minimum absolute atomic E-state index is 0.160. The van der Waals surface area contributed by atoms with Gasteiger partial charge >= 0.3 is 0 Å². The third-order valence-electron chi connectivity index (χ3n) is 5.62.